The molecular weight excluding hydrogens is 484 g/mol. The van der Waals surface area contributed by atoms with Gasteiger partial charge in [-0.2, -0.15) is 0 Å². The Bertz CT molecular complexity index is 1200. The highest BCUT2D eigenvalue weighted by atomic mass is 16.6. The number of nitrogens with zero attached hydrogens (tertiary/aromatic N) is 1. The van der Waals surface area contributed by atoms with E-state index in [-0.39, 0.29) is 24.2 Å². The van der Waals surface area contributed by atoms with Gasteiger partial charge in [0.05, 0.1) is 31.4 Å². The van der Waals surface area contributed by atoms with Crippen LogP contribution in [0.4, 0.5) is 0 Å². The average Bonchev–Trinajstić information content (AvgIpc) is 3.25. The van der Waals surface area contributed by atoms with E-state index in [0.717, 1.165) is 11.1 Å². The van der Waals surface area contributed by atoms with E-state index in [1.165, 1.54) is 12.0 Å². The number of carbonyl (C=O) groups is 4. The highest BCUT2D eigenvalue weighted by Gasteiger charge is 2.59. The molecule has 2 aromatic rings. The zero-order chi connectivity index (χ0) is 27.4. The molecule has 0 aliphatic carbocycles. The van der Waals surface area contributed by atoms with E-state index in [9.17, 15) is 19.2 Å². The number of hydrogen-bond acceptors (Lipinski definition) is 6. The van der Waals surface area contributed by atoms with Crippen molar-refractivity contribution in [2.24, 2.45) is 11.8 Å². The fourth-order valence-electron chi connectivity index (χ4n) is 5.32. The average molecular weight is 519 g/mol. The smallest absolute Gasteiger partial charge is 0.329 e. The van der Waals surface area contributed by atoms with Gasteiger partial charge in [-0.05, 0) is 31.9 Å². The lowest BCUT2D eigenvalue weighted by atomic mass is 9.70. The van der Waals surface area contributed by atoms with Crippen molar-refractivity contribution in [2.45, 2.75) is 50.8 Å². The lowest BCUT2D eigenvalue weighted by Gasteiger charge is -2.51. The number of nitrogens with one attached hydrogen (secondary N) is 1. The fraction of sp³-hybridized carbons (Fsp3) is 0.400. The van der Waals surface area contributed by atoms with E-state index >= 15 is 0 Å². The normalized spacial score (nSPS) is 24.1. The van der Waals surface area contributed by atoms with E-state index in [1.807, 2.05) is 72.8 Å². The van der Waals surface area contributed by atoms with Gasteiger partial charge in [0.15, 0.2) is 0 Å². The summed E-state index contributed by atoms with van der Waals surface area (Å²) in [5.74, 6) is -3.41. The highest BCUT2D eigenvalue weighted by molar-refractivity contribution is 5.98. The molecule has 200 valence electrons. The van der Waals surface area contributed by atoms with Crippen LogP contribution >= 0.6 is 0 Å². The number of benzene rings is 2. The Balaban J connectivity index is 1.69. The standard InChI is InChI=1S/C30H34N2O6/c1-30(2,3)38-24(33)17-23(29(36)37-4)32-22(16-15-19-11-7-5-8-12-19)26(28(32)35)25-21(18-31-27(25)34)20-13-9-6-10-14-20/h5-16,21-23,25-26H,17-18H2,1-4H3,(H,31,34)/t21-,22-,23+,25?,26-/m1/s1. The van der Waals surface area contributed by atoms with Crippen LogP contribution in [-0.4, -0.2) is 60.0 Å². The Morgan fingerprint density at radius 3 is 2.26 bits per heavy atom. The van der Waals surface area contributed by atoms with Crippen LogP contribution in [0, 0.1) is 11.8 Å². The molecule has 1 N–H and O–H groups in total. The van der Waals surface area contributed by atoms with Gasteiger partial charge in [-0.15, -0.1) is 0 Å². The molecule has 0 bridgehead atoms. The van der Waals surface area contributed by atoms with E-state index in [4.69, 9.17) is 9.47 Å². The Labute approximate surface area is 223 Å². The zero-order valence-corrected chi connectivity index (χ0v) is 22.1. The van der Waals surface area contributed by atoms with Crippen LogP contribution in [0.25, 0.3) is 6.08 Å². The monoisotopic (exact) mass is 518 g/mol. The molecule has 5 atom stereocenters. The largest absolute Gasteiger partial charge is 0.467 e. The van der Waals surface area contributed by atoms with Crippen LogP contribution in [0.15, 0.2) is 66.7 Å². The zero-order valence-electron chi connectivity index (χ0n) is 22.1. The maximum atomic E-state index is 13.8. The van der Waals surface area contributed by atoms with Crippen LogP contribution in [0.2, 0.25) is 0 Å². The van der Waals surface area contributed by atoms with Gasteiger partial charge < -0.3 is 19.7 Å². The van der Waals surface area contributed by atoms with Gasteiger partial charge in [0.2, 0.25) is 11.8 Å². The lowest BCUT2D eigenvalue weighted by Crippen LogP contribution is -2.68. The Hall–Kier alpha value is -3.94. The molecule has 2 saturated heterocycles. The molecule has 0 radical (unpaired) electrons. The minimum Gasteiger partial charge on any atom is -0.467 e. The third-order valence-corrected chi connectivity index (χ3v) is 6.95. The molecule has 8 nitrogen and oxygen atoms in total. The minimum absolute atomic E-state index is 0.197. The Morgan fingerprint density at radius 2 is 1.66 bits per heavy atom. The summed E-state index contributed by atoms with van der Waals surface area (Å²) in [6, 6.07) is 17.4. The van der Waals surface area contributed by atoms with Crippen LogP contribution in [0.5, 0.6) is 0 Å². The number of β-lactam (4-membered cyclic amide) rings is 1. The van der Waals surface area contributed by atoms with Crippen molar-refractivity contribution in [3.8, 4) is 0 Å². The van der Waals surface area contributed by atoms with Crippen molar-refractivity contribution in [3.63, 3.8) is 0 Å². The first-order chi connectivity index (χ1) is 18.1. The number of likely N-dealkylation sites (tertiary alicyclic amines) is 1. The molecule has 8 heteroatoms. The van der Waals surface area contributed by atoms with Gasteiger partial charge in [0, 0.05) is 12.5 Å². The van der Waals surface area contributed by atoms with Gasteiger partial charge in [-0.1, -0.05) is 72.8 Å². The third kappa shape index (κ3) is 5.79. The van der Waals surface area contributed by atoms with E-state index in [2.05, 4.69) is 5.32 Å². The van der Waals surface area contributed by atoms with E-state index in [0.29, 0.717) is 6.54 Å². The summed E-state index contributed by atoms with van der Waals surface area (Å²) < 4.78 is 10.4. The lowest BCUT2D eigenvalue weighted by molar-refractivity contribution is -0.176. The topological polar surface area (TPSA) is 102 Å². The SMILES string of the molecule is COC(=O)[C@H](CC(=O)OC(C)(C)C)N1C(=O)[C@@H](C2C(=O)NC[C@@H]2c2ccccc2)[C@H]1C=Cc1ccccc1. The van der Waals surface area contributed by atoms with E-state index < -0.39 is 41.5 Å². The van der Waals surface area contributed by atoms with Crippen molar-refractivity contribution in [2.75, 3.05) is 13.7 Å². The summed E-state index contributed by atoms with van der Waals surface area (Å²) in [5.41, 5.74) is 1.12. The molecule has 0 spiro atoms. The molecule has 38 heavy (non-hydrogen) atoms. The highest BCUT2D eigenvalue weighted by Crippen LogP contribution is 2.44. The van der Waals surface area contributed by atoms with Crippen LogP contribution in [0.1, 0.15) is 44.2 Å². The van der Waals surface area contributed by atoms with Gasteiger partial charge >= 0.3 is 11.9 Å². The third-order valence-electron chi connectivity index (χ3n) is 6.95. The summed E-state index contributed by atoms with van der Waals surface area (Å²) >= 11 is 0. The first-order valence-electron chi connectivity index (χ1n) is 12.8. The van der Waals surface area contributed by atoms with Gasteiger partial charge in [0.25, 0.3) is 0 Å². The summed E-state index contributed by atoms with van der Waals surface area (Å²) in [6.45, 7) is 5.62. The fourth-order valence-corrected chi connectivity index (χ4v) is 5.32. The number of rotatable bonds is 8. The van der Waals surface area contributed by atoms with Crippen molar-refractivity contribution in [1.82, 2.24) is 10.2 Å². The number of ether oxygens (including phenoxy) is 2. The van der Waals surface area contributed by atoms with Crippen molar-refractivity contribution >= 4 is 29.8 Å². The van der Waals surface area contributed by atoms with Crippen molar-refractivity contribution < 1.29 is 28.7 Å². The second-order valence-corrected chi connectivity index (χ2v) is 10.6. The predicted octanol–water partition coefficient (Wildman–Crippen LogP) is 3.33. The maximum absolute atomic E-state index is 13.8. The summed E-state index contributed by atoms with van der Waals surface area (Å²) in [4.78, 5) is 53.8. The van der Waals surface area contributed by atoms with E-state index in [1.54, 1.807) is 20.8 Å². The Kier molecular flexibility index (Phi) is 7.99. The predicted molar refractivity (Wildman–Crippen MR) is 142 cm³/mol. The molecule has 2 aliphatic heterocycles. The van der Waals surface area contributed by atoms with Gasteiger partial charge in [-0.3, -0.25) is 14.4 Å². The van der Waals surface area contributed by atoms with Gasteiger partial charge in [-0.25, -0.2) is 4.79 Å². The molecule has 2 amide bonds. The molecule has 2 aliphatic rings. The quantitative estimate of drug-likeness (QED) is 0.425. The summed E-state index contributed by atoms with van der Waals surface area (Å²) in [5, 5.41) is 2.92. The number of hydrogen-bond donors (Lipinski definition) is 1. The maximum Gasteiger partial charge on any atom is 0.329 e. The molecule has 2 fully saturated rings. The van der Waals surface area contributed by atoms with Crippen LogP contribution < -0.4 is 5.32 Å². The van der Waals surface area contributed by atoms with Crippen LogP contribution in [0.3, 0.4) is 0 Å². The molecule has 4 rings (SSSR count). The number of amides is 2. The molecule has 2 heterocycles. The minimum atomic E-state index is -1.18. The summed E-state index contributed by atoms with van der Waals surface area (Å²) in [7, 11) is 1.22. The Morgan fingerprint density at radius 1 is 1.03 bits per heavy atom. The summed E-state index contributed by atoms with van der Waals surface area (Å²) in [6.07, 6.45) is 3.35. The van der Waals surface area contributed by atoms with Crippen molar-refractivity contribution in [3.05, 3.63) is 77.9 Å². The molecule has 1 unspecified atom stereocenters. The number of methoxy groups -OCH3 is 1. The molecule has 2 aromatic carbocycles. The van der Waals surface area contributed by atoms with Gasteiger partial charge in [0.1, 0.15) is 11.6 Å². The van der Waals surface area contributed by atoms with Crippen molar-refractivity contribution in [1.29, 1.82) is 0 Å². The first kappa shape index (κ1) is 27.1. The molecular formula is C30H34N2O6. The second kappa shape index (κ2) is 11.2. The number of carbonyl (C=O) groups excluding carboxylic acids is 4. The van der Waals surface area contributed by atoms with Crippen LogP contribution in [-0.2, 0) is 28.7 Å². The second-order valence-electron chi connectivity index (χ2n) is 10.6. The first-order valence-corrected chi connectivity index (χ1v) is 12.8. The number of esters is 2. The molecule has 0 aromatic heterocycles. The molecule has 0 saturated carbocycles.